The largest absolute Gasteiger partial charge is 0.512 e. The highest BCUT2D eigenvalue weighted by molar-refractivity contribution is 6.18. The van der Waals surface area contributed by atoms with E-state index >= 15 is 0 Å². The van der Waals surface area contributed by atoms with Crippen LogP contribution < -0.4 is 0 Å². The Morgan fingerprint density at radius 1 is 1.44 bits per heavy atom. The van der Waals surface area contributed by atoms with Crippen LogP contribution in [0.5, 0.6) is 0 Å². The number of carbonyl (C=O) groups excluding carboxylic acids is 1. The second kappa shape index (κ2) is 5.81. The molecule has 0 aromatic heterocycles. The summed E-state index contributed by atoms with van der Waals surface area (Å²) < 4.78 is 4.78. The summed E-state index contributed by atoms with van der Waals surface area (Å²) in [6, 6.07) is 5.68. The molecule has 0 radical (unpaired) electrons. The summed E-state index contributed by atoms with van der Waals surface area (Å²) in [4.78, 5) is 22.0. The molecule has 96 valence electrons. The van der Waals surface area contributed by atoms with E-state index in [0.29, 0.717) is 0 Å². The predicted molar refractivity (Wildman–Crippen MR) is 65.0 cm³/mol. The molecular weight excluding hydrogens is 238 g/mol. The molecule has 0 saturated carbocycles. The number of esters is 1. The van der Waals surface area contributed by atoms with Crippen LogP contribution >= 0.6 is 0 Å². The first-order valence-corrected chi connectivity index (χ1v) is 5.29. The van der Waals surface area contributed by atoms with E-state index in [1.807, 2.05) is 0 Å². The number of para-hydroxylation sites is 1. The zero-order chi connectivity index (χ0) is 13.7. The van der Waals surface area contributed by atoms with Gasteiger partial charge in [0.05, 0.1) is 17.1 Å². The quantitative estimate of drug-likeness (QED) is 0.292. The summed E-state index contributed by atoms with van der Waals surface area (Å²) in [6.07, 6.45) is 0. The lowest BCUT2D eigenvalue weighted by atomic mass is 10.0. The molecule has 0 bridgehead atoms. The summed E-state index contributed by atoms with van der Waals surface area (Å²) >= 11 is 0. The van der Waals surface area contributed by atoms with Crippen LogP contribution in [0.3, 0.4) is 0 Å². The molecule has 1 rings (SSSR count). The number of nitrogens with zero attached hydrogens (tertiary/aromatic N) is 1. The highest BCUT2D eigenvalue weighted by Crippen LogP contribution is 2.28. The molecular formula is C12H13NO5. The van der Waals surface area contributed by atoms with E-state index in [9.17, 15) is 20.0 Å². The third-order valence-corrected chi connectivity index (χ3v) is 2.21. The van der Waals surface area contributed by atoms with Gasteiger partial charge in [0.1, 0.15) is 11.3 Å². The summed E-state index contributed by atoms with van der Waals surface area (Å²) in [7, 11) is 0. The van der Waals surface area contributed by atoms with Crippen LogP contribution in [0.2, 0.25) is 0 Å². The number of nitro groups is 1. The number of rotatable bonds is 4. The molecule has 1 aromatic rings. The number of benzene rings is 1. The fourth-order valence-electron chi connectivity index (χ4n) is 1.50. The van der Waals surface area contributed by atoms with Gasteiger partial charge in [-0.25, -0.2) is 4.79 Å². The lowest BCUT2D eigenvalue weighted by Crippen LogP contribution is -2.10. The Morgan fingerprint density at radius 3 is 2.56 bits per heavy atom. The number of carbonyl (C=O) groups is 1. The van der Waals surface area contributed by atoms with Gasteiger partial charge in [0.2, 0.25) is 0 Å². The maximum absolute atomic E-state index is 11.7. The zero-order valence-electron chi connectivity index (χ0n) is 10.0. The maximum atomic E-state index is 11.7. The molecule has 6 heteroatoms. The Hall–Kier alpha value is -2.37. The monoisotopic (exact) mass is 251 g/mol. The number of ether oxygens (including phenoxy) is 1. The molecule has 1 N–H and O–H groups in total. The fourth-order valence-corrected chi connectivity index (χ4v) is 1.50. The first-order chi connectivity index (χ1) is 8.49. The Kier molecular flexibility index (Phi) is 4.42. The number of hydrogen-bond acceptors (Lipinski definition) is 5. The van der Waals surface area contributed by atoms with E-state index in [0.717, 1.165) is 0 Å². The van der Waals surface area contributed by atoms with Crippen molar-refractivity contribution in [3.05, 3.63) is 45.7 Å². The van der Waals surface area contributed by atoms with Gasteiger partial charge in [0.15, 0.2) is 0 Å². The Balaban J connectivity index is 3.37. The van der Waals surface area contributed by atoms with Crippen molar-refractivity contribution in [2.75, 3.05) is 6.61 Å². The van der Waals surface area contributed by atoms with Crippen LogP contribution in [0, 0.1) is 10.1 Å². The first kappa shape index (κ1) is 13.7. The molecule has 0 aliphatic heterocycles. The number of aliphatic hydroxyl groups is 1. The fraction of sp³-hybridized carbons (Fsp3) is 0.250. The van der Waals surface area contributed by atoms with Crippen molar-refractivity contribution >= 4 is 17.2 Å². The Bertz CT molecular complexity index is 503. The molecule has 0 aliphatic rings. The van der Waals surface area contributed by atoms with Crippen molar-refractivity contribution in [2.45, 2.75) is 13.8 Å². The van der Waals surface area contributed by atoms with Gasteiger partial charge in [-0.05, 0) is 19.9 Å². The smallest absolute Gasteiger partial charge is 0.342 e. The molecule has 0 aliphatic carbocycles. The normalized spacial score (nSPS) is 11.7. The van der Waals surface area contributed by atoms with Crippen molar-refractivity contribution in [3.8, 4) is 0 Å². The van der Waals surface area contributed by atoms with E-state index in [2.05, 4.69) is 0 Å². The van der Waals surface area contributed by atoms with Crippen LogP contribution in [0.15, 0.2) is 30.0 Å². The van der Waals surface area contributed by atoms with Crippen LogP contribution in [-0.4, -0.2) is 22.6 Å². The number of nitro benzene ring substituents is 1. The van der Waals surface area contributed by atoms with E-state index in [1.165, 1.54) is 25.1 Å². The highest BCUT2D eigenvalue weighted by Gasteiger charge is 2.24. The van der Waals surface area contributed by atoms with Gasteiger partial charge in [-0.3, -0.25) is 10.1 Å². The van der Waals surface area contributed by atoms with Crippen LogP contribution in [0.25, 0.3) is 5.57 Å². The minimum atomic E-state index is -0.785. The van der Waals surface area contributed by atoms with Gasteiger partial charge >= 0.3 is 5.97 Å². The maximum Gasteiger partial charge on any atom is 0.342 e. The van der Waals surface area contributed by atoms with Crippen LogP contribution in [-0.2, 0) is 9.53 Å². The summed E-state index contributed by atoms with van der Waals surface area (Å²) in [5.74, 6) is -1.10. The molecule has 0 amide bonds. The summed E-state index contributed by atoms with van der Waals surface area (Å²) in [5.41, 5.74) is -0.404. The second-order valence-electron chi connectivity index (χ2n) is 3.46. The second-order valence-corrected chi connectivity index (χ2v) is 3.46. The predicted octanol–water partition coefficient (Wildman–Crippen LogP) is 2.45. The SMILES string of the molecule is CCOC(=O)C(=C(C)O)c1ccccc1[N+](=O)[O-]. The Labute approximate surface area is 104 Å². The van der Waals surface area contributed by atoms with Crippen molar-refractivity contribution in [1.82, 2.24) is 0 Å². The minimum absolute atomic E-state index is 0.0425. The summed E-state index contributed by atoms with van der Waals surface area (Å²) in [5, 5.41) is 20.4. The van der Waals surface area contributed by atoms with Crippen molar-refractivity contribution in [3.63, 3.8) is 0 Å². The van der Waals surface area contributed by atoms with Crippen molar-refractivity contribution < 1.29 is 19.6 Å². The van der Waals surface area contributed by atoms with Gasteiger partial charge in [-0.1, -0.05) is 12.1 Å². The van der Waals surface area contributed by atoms with Crippen molar-refractivity contribution in [1.29, 1.82) is 0 Å². The van der Waals surface area contributed by atoms with Crippen LogP contribution in [0.1, 0.15) is 19.4 Å². The lowest BCUT2D eigenvalue weighted by Gasteiger charge is -2.08. The molecule has 0 spiro atoms. The first-order valence-electron chi connectivity index (χ1n) is 5.29. The van der Waals surface area contributed by atoms with Gasteiger partial charge in [-0.2, -0.15) is 0 Å². The van der Waals surface area contributed by atoms with E-state index < -0.39 is 10.9 Å². The van der Waals surface area contributed by atoms with Gasteiger partial charge in [0.25, 0.3) is 5.69 Å². The van der Waals surface area contributed by atoms with Crippen molar-refractivity contribution in [2.24, 2.45) is 0 Å². The van der Waals surface area contributed by atoms with Crippen LogP contribution in [0.4, 0.5) is 5.69 Å². The molecule has 0 saturated heterocycles. The van der Waals surface area contributed by atoms with Gasteiger partial charge in [0, 0.05) is 6.07 Å². The molecule has 0 heterocycles. The van der Waals surface area contributed by atoms with Gasteiger partial charge < -0.3 is 9.84 Å². The minimum Gasteiger partial charge on any atom is -0.512 e. The standard InChI is InChI=1S/C12H13NO5/c1-3-18-12(15)11(8(2)14)9-6-4-5-7-10(9)13(16)17/h4-7,14H,3H2,1-2H3. The average Bonchev–Trinajstić information content (AvgIpc) is 2.29. The van der Waals surface area contributed by atoms with E-state index in [-0.39, 0.29) is 29.2 Å². The van der Waals surface area contributed by atoms with Gasteiger partial charge in [-0.15, -0.1) is 0 Å². The number of hydrogen-bond donors (Lipinski definition) is 1. The number of allylic oxidation sites excluding steroid dienone is 1. The highest BCUT2D eigenvalue weighted by atomic mass is 16.6. The average molecular weight is 251 g/mol. The van der Waals surface area contributed by atoms with E-state index in [1.54, 1.807) is 13.0 Å². The molecule has 6 nitrogen and oxygen atoms in total. The molecule has 0 fully saturated rings. The summed E-state index contributed by atoms with van der Waals surface area (Å²) in [6.45, 7) is 3.01. The third kappa shape index (κ3) is 2.85. The molecule has 0 unspecified atom stereocenters. The molecule has 1 aromatic carbocycles. The zero-order valence-corrected chi connectivity index (χ0v) is 10.0. The number of aliphatic hydroxyl groups excluding tert-OH is 1. The van der Waals surface area contributed by atoms with E-state index in [4.69, 9.17) is 4.74 Å². The topological polar surface area (TPSA) is 89.7 Å². The third-order valence-electron chi connectivity index (χ3n) is 2.21. The Morgan fingerprint density at radius 2 is 2.06 bits per heavy atom. The lowest BCUT2D eigenvalue weighted by molar-refractivity contribution is -0.385. The molecule has 0 atom stereocenters. The molecule has 18 heavy (non-hydrogen) atoms.